The van der Waals surface area contributed by atoms with Crippen molar-refractivity contribution in [2.75, 3.05) is 5.75 Å². The van der Waals surface area contributed by atoms with Crippen LogP contribution in [-0.2, 0) is 0 Å². The van der Waals surface area contributed by atoms with Gasteiger partial charge < -0.3 is 0 Å². The van der Waals surface area contributed by atoms with E-state index in [-0.39, 0.29) is 5.25 Å². The van der Waals surface area contributed by atoms with Gasteiger partial charge in [-0.1, -0.05) is 24.3 Å². The van der Waals surface area contributed by atoms with Crippen LogP contribution in [-0.4, -0.2) is 16.8 Å². The fourth-order valence-electron chi connectivity index (χ4n) is 1.81. The number of hydrogen-bond acceptors (Lipinski definition) is 2. The number of aryl methyl sites for hydroxylation is 1. The molecule has 0 radical (unpaired) electrons. The fourth-order valence-corrected chi connectivity index (χ4v) is 3.04. The third-order valence-electron chi connectivity index (χ3n) is 2.63. The number of benzene rings is 1. The molecule has 2 heteroatoms. The van der Waals surface area contributed by atoms with Crippen molar-refractivity contribution in [2.45, 2.75) is 25.0 Å². The Bertz CT molecular complexity index is 340. The molecule has 2 rings (SSSR count). The summed E-state index contributed by atoms with van der Waals surface area (Å²) in [5, 5.41) is 0.219. The van der Waals surface area contributed by atoms with Crippen molar-refractivity contribution in [3.8, 4) is 0 Å². The second-order valence-corrected chi connectivity index (χ2v) is 4.99. The number of carbonyl (C=O) groups is 1. The molecule has 1 aromatic rings. The Morgan fingerprint density at radius 3 is 2.86 bits per heavy atom. The first-order valence-corrected chi connectivity index (χ1v) is 6.05. The molecule has 1 atom stereocenters. The molecule has 1 heterocycles. The SMILES string of the molecule is Cc1ccccc1C(=O)C1CCCS1. The van der Waals surface area contributed by atoms with Crippen molar-refractivity contribution in [3.63, 3.8) is 0 Å². The topological polar surface area (TPSA) is 17.1 Å². The molecule has 1 aliphatic heterocycles. The highest BCUT2D eigenvalue weighted by atomic mass is 32.2. The lowest BCUT2D eigenvalue weighted by atomic mass is 10.0. The zero-order chi connectivity index (χ0) is 9.97. The van der Waals surface area contributed by atoms with Gasteiger partial charge in [0.05, 0.1) is 5.25 Å². The van der Waals surface area contributed by atoms with Crippen LogP contribution in [0.3, 0.4) is 0 Å². The molecule has 1 aliphatic rings. The molecule has 1 unspecified atom stereocenters. The number of carbonyl (C=O) groups excluding carboxylic acids is 1. The fraction of sp³-hybridized carbons (Fsp3) is 0.417. The number of hydrogen-bond donors (Lipinski definition) is 0. The number of ketones is 1. The first-order valence-electron chi connectivity index (χ1n) is 5.00. The van der Waals surface area contributed by atoms with Gasteiger partial charge in [0.15, 0.2) is 5.78 Å². The molecule has 1 fully saturated rings. The van der Waals surface area contributed by atoms with E-state index in [4.69, 9.17) is 0 Å². The average molecular weight is 206 g/mol. The monoisotopic (exact) mass is 206 g/mol. The van der Waals surface area contributed by atoms with Crippen LogP contribution < -0.4 is 0 Å². The van der Waals surface area contributed by atoms with Crippen molar-refractivity contribution in [1.29, 1.82) is 0 Å². The zero-order valence-electron chi connectivity index (χ0n) is 8.32. The molecule has 74 valence electrons. The molecule has 0 N–H and O–H groups in total. The standard InChI is InChI=1S/C12H14OS/c1-9-5-2-3-6-10(9)12(13)11-7-4-8-14-11/h2-3,5-6,11H,4,7-8H2,1H3. The van der Waals surface area contributed by atoms with Gasteiger partial charge >= 0.3 is 0 Å². The average Bonchev–Trinajstić information content (AvgIpc) is 2.70. The van der Waals surface area contributed by atoms with Crippen molar-refractivity contribution in [1.82, 2.24) is 0 Å². The molecule has 0 bridgehead atoms. The van der Waals surface area contributed by atoms with Gasteiger partial charge in [-0.2, -0.15) is 11.8 Å². The van der Waals surface area contributed by atoms with Crippen LogP contribution in [0.15, 0.2) is 24.3 Å². The van der Waals surface area contributed by atoms with Crippen LogP contribution in [0.4, 0.5) is 0 Å². The molecule has 14 heavy (non-hydrogen) atoms. The van der Waals surface area contributed by atoms with Crippen LogP contribution in [0.25, 0.3) is 0 Å². The molecule has 0 aromatic heterocycles. The van der Waals surface area contributed by atoms with Gasteiger partial charge in [0.2, 0.25) is 0 Å². The highest BCUT2D eigenvalue weighted by Crippen LogP contribution is 2.29. The Morgan fingerprint density at radius 2 is 2.21 bits per heavy atom. The molecule has 0 amide bonds. The minimum absolute atomic E-state index is 0.219. The zero-order valence-corrected chi connectivity index (χ0v) is 9.14. The lowest BCUT2D eigenvalue weighted by Gasteiger charge is -2.09. The number of rotatable bonds is 2. The molecule has 1 aromatic carbocycles. The number of Topliss-reactive ketones (excluding diaryl/α,β-unsaturated/α-hetero) is 1. The Kier molecular flexibility index (Phi) is 2.92. The van der Waals surface area contributed by atoms with Gasteiger partial charge in [-0.15, -0.1) is 0 Å². The van der Waals surface area contributed by atoms with E-state index < -0.39 is 0 Å². The van der Waals surface area contributed by atoms with Gasteiger partial charge in [0, 0.05) is 5.56 Å². The van der Waals surface area contributed by atoms with Crippen LogP contribution in [0.5, 0.6) is 0 Å². The quantitative estimate of drug-likeness (QED) is 0.692. The Labute approximate surface area is 88.9 Å². The van der Waals surface area contributed by atoms with E-state index in [9.17, 15) is 4.79 Å². The smallest absolute Gasteiger partial charge is 0.176 e. The van der Waals surface area contributed by atoms with Crippen LogP contribution in [0.2, 0.25) is 0 Å². The van der Waals surface area contributed by atoms with E-state index in [0.717, 1.165) is 23.3 Å². The maximum absolute atomic E-state index is 12.0. The second-order valence-electron chi connectivity index (χ2n) is 3.68. The van der Waals surface area contributed by atoms with Crippen LogP contribution in [0.1, 0.15) is 28.8 Å². The Balaban J connectivity index is 2.22. The van der Waals surface area contributed by atoms with E-state index in [1.54, 1.807) is 11.8 Å². The maximum Gasteiger partial charge on any atom is 0.176 e. The van der Waals surface area contributed by atoms with E-state index >= 15 is 0 Å². The Morgan fingerprint density at radius 1 is 1.43 bits per heavy atom. The summed E-state index contributed by atoms with van der Waals surface area (Å²) >= 11 is 1.80. The van der Waals surface area contributed by atoms with Gasteiger partial charge in [-0.3, -0.25) is 4.79 Å². The van der Waals surface area contributed by atoms with E-state index in [1.807, 2.05) is 31.2 Å². The van der Waals surface area contributed by atoms with Crippen molar-refractivity contribution < 1.29 is 4.79 Å². The van der Waals surface area contributed by atoms with Gasteiger partial charge in [0.25, 0.3) is 0 Å². The summed E-state index contributed by atoms with van der Waals surface area (Å²) in [6.07, 6.45) is 2.24. The van der Waals surface area contributed by atoms with E-state index in [2.05, 4.69) is 0 Å². The first-order chi connectivity index (χ1) is 6.79. The Hall–Kier alpha value is -0.760. The molecular formula is C12H14OS. The lowest BCUT2D eigenvalue weighted by Crippen LogP contribution is -2.15. The highest BCUT2D eigenvalue weighted by molar-refractivity contribution is 8.00. The minimum Gasteiger partial charge on any atom is -0.293 e. The van der Waals surface area contributed by atoms with Crippen molar-refractivity contribution in [2.24, 2.45) is 0 Å². The summed E-state index contributed by atoms with van der Waals surface area (Å²) in [6.45, 7) is 2.01. The molecule has 1 saturated heterocycles. The van der Waals surface area contributed by atoms with Crippen LogP contribution in [0, 0.1) is 6.92 Å². The minimum atomic E-state index is 0.219. The maximum atomic E-state index is 12.0. The summed E-state index contributed by atoms with van der Waals surface area (Å²) in [6, 6.07) is 7.87. The molecule has 0 aliphatic carbocycles. The molecule has 0 spiro atoms. The summed E-state index contributed by atoms with van der Waals surface area (Å²) in [4.78, 5) is 12.0. The van der Waals surface area contributed by atoms with Crippen molar-refractivity contribution >= 4 is 17.5 Å². The van der Waals surface area contributed by atoms with E-state index in [1.165, 1.54) is 6.42 Å². The summed E-state index contributed by atoms with van der Waals surface area (Å²) in [5.74, 6) is 1.47. The van der Waals surface area contributed by atoms with Crippen LogP contribution >= 0.6 is 11.8 Å². The molecule has 1 nitrogen and oxygen atoms in total. The van der Waals surface area contributed by atoms with E-state index in [0.29, 0.717) is 5.78 Å². The number of thioether (sulfide) groups is 1. The highest BCUT2D eigenvalue weighted by Gasteiger charge is 2.24. The molecular weight excluding hydrogens is 192 g/mol. The summed E-state index contributed by atoms with van der Waals surface area (Å²) < 4.78 is 0. The normalized spacial score (nSPS) is 21.1. The molecule has 0 saturated carbocycles. The summed E-state index contributed by atoms with van der Waals surface area (Å²) in [7, 11) is 0. The van der Waals surface area contributed by atoms with Crippen molar-refractivity contribution in [3.05, 3.63) is 35.4 Å². The lowest BCUT2D eigenvalue weighted by molar-refractivity contribution is 0.0988. The predicted octanol–water partition coefficient (Wildman–Crippen LogP) is 3.07. The predicted molar refractivity (Wildman–Crippen MR) is 61.0 cm³/mol. The summed E-state index contributed by atoms with van der Waals surface area (Å²) in [5.41, 5.74) is 2.01. The van der Waals surface area contributed by atoms with Gasteiger partial charge in [0.1, 0.15) is 0 Å². The van der Waals surface area contributed by atoms with Gasteiger partial charge in [-0.05, 0) is 31.1 Å². The third kappa shape index (κ3) is 1.85. The largest absolute Gasteiger partial charge is 0.293 e. The second kappa shape index (κ2) is 4.18. The van der Waals surface area contributed by atoms with Gasteiger partial charge in [-0.25, -0.2) is 0 Å². The third-order valence-corrected chi connectivity index (χ3v) is 4.01. The first kappa shape index (κ1) is 9.78.